The summed E-state index contributed by atoms with van der Waals surface area (Å²) in [5, 5.41) is 0.524. The summed E-state index contributed by atoms with van der Waals surface area (Å²) in [4.78, 5) is 26.0. The van der Waals surface area contributed by atoms with Gasteiger partial charge in [0.15, 0.2) is 6.61 Å². The van der Waals surface area contributed by atoms with Crippen LogP contribution in [0.5, 0.6) is 5.75 Å². The molecule has 1 aliphatic heterocycles. The quantitative estimate of drug-likeness (QED) is 0.778. The molecule has 0 unspecified atom stereocenters. The lowest BCUT2D eigenvalue weighted by molar-refractivity contribution is -0.121. The van der Waals surface area contributed by atoms with Crippen LogP contribution in [0.25, 0.3) is 0 Å². The van der Waals surface area contributed by atoms with Crippen LogP contribution in [0.4, 0.5) is 5.69 Å². The van der Waals surface area contributed by atoms with Crippen LogP contribution in [0, 0.1) is 0 Å². The maximum Gasteiger partial charge on any atom is 0.338 e. The maximum atomic E-state index is 12.3. The summed E-state index contributed by atoms with van der Waals surface area (Å²) >= 11 is 6.05. The van der Waals surface area contributed by atoms with Gasteiger partial charge in [-0.3, -0.25) is 4.79 Å². The fourth-order valence-electron chi connectivity index (χ4n) is 2.61. The Morgan fingerprint density at radius 3 is 2.84 bits per heavy atom. The summed E-state index contributed by atoms with van der Waals surface area (Å²) in [6, 6.07) is 12.2. The van der Waals surface area contributed by atoms with Crippen LogP contribution in [0.1, 0.15) is 29.8 Å². The smallest absolute Gasteiger partial charge is 0.338 e. The number of ether oxygens (including phenoxy) is 2. The zero-order valence-electron chi connectivity index (χ0n) is 14.0. The fraction of sp³-hybridized carbons (Fsp3) is 0.263. The van der Waals surface area contributed by atoms with Gasteiger partial charge in [0.1, 0.15) is 5.75 Å². The van der Waals surface area contributed by atoms with Crippen molar-refractivity contribution in [1.29, 1.82) is 0 Å². The first-order valence-electron chi connectivity index (χ1n) is 7.96. The molecule has 0 fully saturated rings. The molecule has 0 aromatic heterocycles. The Hall–Kier alpha value is -2.53. The van der Waals surface area contributed by atoms with Crippen molar-refractivity contribution in [3.63, 3.8) is 0 Å². The molecule has 0 saturated carbocycles. The first-order chi connectivity index (χ1) is 11.9. The highest BCUT2D eigenvalue weighted by Gasteiger charge is 2.26. The van der Waals surface area contributed by atoms with Crippen LogP contribution >= 0.6 is 11.6 Å². The van der Waals surface area contributed by atoms with Crippen molar-refractivity contribution >= 4 is 29.2 Å². The standard InChI is InChI=1S/C19H18ClNO4/c1-12(2)25-19(23)14-5-3-4-13(8-14)10-21-16-9-15(20)6-7-17(16)24-11-18(21)22/h3-9,12H,10-11H2,1-2H3. The monoisotopic (exact) mass is 359 g/mol. The van der Waals surface area contributed by atoms with Gasteiger partial charge in [0, 0.05) is 5.02 Å². The van der Waals surface area contributed by atoms with E-state index in [1.807, 2.05) is 6.07 Å². The molecule has 5 nitrogen and oxygen atoms in total. The van der Waals surface area contributed by atoms with E-state index >= 15 is 0 Å². The summed E-state index contributed by atoms with van der Waals surface area (Å²) in [5.74, 6) is 0.0675. The zero-order chi connectivity index (χ0) is 18.0. The van der Waals surface area contributed by atoms with Gasteiger partial charge in [0.05, 0.1) is 23.9 Å². The second kappa shape index (κ2) is 7.15. The molecular weight excluding hydrogens is 342 g/mol. The molecule has 0 atom stereocenters. The third-order valence-electron chi connectivity index (χ3n) is 3.71. The molecule has 1 aliphatic rings. The normalized spacial score (nSPS) is 13.4. The second-order valence-corrected chi connectivity index (χ2v) is 6.47. The van der Waals surface area contributed by atoms with E-state index in [9.17, 15) is 9.59 Å². The summed E-state index contributed by atoms with van der Waals surface area (Å²) in [6.07, 6.45) is -0.189. The zero-order valence-corrected chi connectivity index (χ0v) is 14.7. The van der Waals surface area contributed by atoms with Crippen LogP contribution in [-0.4, -0.2) is 24.6 Å². The largest absolute Gasteiger partial charge is 0.482 e. The molecule has 0 aliphatic carbocycles. The highest BCUT2D eigenvalue weighted by atomic mass is 35.5. The third kappa shape index (κ3) is 3.94. The number of hydrogen-bond donors (Lipinski definition) is 0. The van der Waals surface area contributed by atoms with Gasteiger partial charge < -0.3 is 14.4 Å². The number of halogens is 1. The molecule has 0 spiro atoms. The van der Waals surface area contributed by atoms with Crippen molar-refractivity contribution in [3.05, 3.63) is 58.6 Å². The van der Waals surface area contributed by atoms with Crippen LogP contribution < -0.4 is 9.64 Å². The number of amides is 1. The van der Waals surface area contributed by atoms with E-state index in [-0.39, 0.29) is 24.6 Å². The van der Waals surface area contributed by atoms with Crippen molar-refractivity contribution in [1.82, 2.24) is 0 Å². The van der Waals surface area contributed by atoms with Crippen molar-refractivity contribution in [2.75, 3.05) is 11.5 Å². The minimum atomic E-state index is -0.381. The molecular formula is C19H18ClNO4. The van der Waals surface area contributed by atoms with Gasteiger partial charge in [-0.15, -0.1) is 0 Å². The molecule has 0 bridgehead atoms. The minimum Gasteiger partial charge on any atom is -0.482 e. The summed E-state index contributed by atoms with van der Waals surface area (Å²) in [6.45, 7) is 3.89. The molecule has 25 heavy (non-hydrogen) atoms. The SMILES string of the molecule is CC(C)OC(=O)c1cccc(CN2C(=O)COc3ccc(Cl)cc32)c1. The second-order valence-electron chi connectivity index (χ2n) is 6.04. The number of esters is 1. The van der Waals surface area contributed by atoms with E-state index in [4.69, 9.17) is 21.1 Å². The summed E-state index contributed by atoms with van der Waals surface area (Å²) in [5.41, 5.74) is 1.90. The van der Waals surface area contributed by atoms with Crippen LogP contribution in [-0.2, 0) is 16.1 Å². The predicted molar refractivity (Wildman–Crippen MR) is 95.1 cm³/mol. The lowest BCUT2D eigenvalue weighted by atomic mass is 10.1. The number of nitrogens with zero attached hydrogens (tertiary/aromatic N) is 1. The number of fused-ring (bicyclic) bond motifs is 1. The van der Waals surface area contributed by atoms with Crippen LogP contribution in [0.2, 0.25) is 5.02 Å². The lowest BCUT2D eigenvalue weighted by Gasteiger charge is -2.29. The number of carbonyl (C=O) groups is 2. The van der Waals surface area contributed by atoms with E-state index in [1.54, 1.807) is 55.1 Å². The average molecular weight is 360 g/mol. The Balaban J connectivity index is 1.86. The molecule has 0 N–H and O–H groups in total. The molecule has 130 valence electrons. The molecule has 2 aromatic rings. The van der Waals surface area contributed by atoms with Crippen molar-refractivity contribution < 1.29 is 19.1 Å². The molecule has 0 saturated heterocycles. The van der Waals surface area contributed by atoms with E-state index in [1.165, 1.54) is 0 Å². The fourth-order valence-corrected chi connectivity index (χ4v) is 2.78. The Labute approximate surface area is 151 Å². The van der Waals surface area contributed by atoms with Gasteiger partial charge in [0.2, 0.25) is 0 Å². The topological polar surface area (TPSA) is 55.8 Å². The Bertz CT molecular complexity index is 819. The molecule has 6 heteroatoms. The number of benzene rings is 2. The Morgan fingerprint density at radius 1 is 1.28 bits per heavy atom. The van der Waals surface area contributed by atoms with Crippen molar-refractivity contribution in [2.24, 2.45) is 0 Å². The van der Waals surface area contributed by atoms with Gasteiger partial charge in [-0.2, -0.15) is 0 Å². The average Bonchev–Trinajstić information content (AvgIpc) is 2.57. The van der Waals surface area contributed by atoms with Gasteiger partial charge in [-0.1, -0.05) is 23.7 Å². The first kappa shape index (κ1) is 17.3. The number of anilines is 1. The van der Waals surface area contributed by atoms with Crippen LogP contribution in [0.3, 0.4) is 0 Å². The number of hydrogen-bond acceptors (Lipinski definition) is 4. The lowest BCUT2D eigenvalue weighted by Crippen LogP contribution is -2.38. The van der Waals surface area contributed by atoms with E-state index in [0.717, 1.165) is 5.56 Å². The van der Waals surface area contributed by atoms with E-state index < -0.39 is 0 Å². The predicted octanol–water partition coefficient (Wildman–Crippen LogP) is 3.83. The first-order valence-corrected chi connectivity index (χ1v) is 8.34. The van der Waals surface area contributed by atoms with E-state index in [2.05, 4.69) is 0 Å². The minimum absolute atomic E-state index is 0.0241. The van der Waals surface area contributed by atoms with Crippen molar-refractivity contribution in [2.45, 2.75) is 26.5 Å². The van der Waals surface area contributed by atoms with Gasteiger partial charge >= 0.3 is 5.97 Å². The summed E-state index contributed by atoms with van der Waals surface area (Å²) in [7, 11) is 0. The third-order valence-corrected chi connectivity index (χ3v) is 3.95. The van der Waals surface area contributed by atoms with Crippen LogP contribution in [0.15, 0.2) is 42.5 Å². The highest BCUT2D eigenvalue weighted by Crippen LogP contribution is 2.35. The number of carbonyl (C=O) groups excluding carboxylic acids is 2. The molecule has 1 heterocycles. The van der Waals surface area contributed by atoms with Gasteiger partial charge in [-0.05, 0) is 49.7 Å². The van der Waals surface area contributed by atoms with Crippen molar-refractivity contribution in [3.8, 4) is 5.75 Å². The molecule has 2 aromatic carbocycles. The Morgan fingerprint density at radius 2 is 2.08 bits per heavy atom. The maximum absolute atomic E-state index is 12.3. The molecule has 1 amide bonds. The van der Waals surface area contributed by atoms with Gasteiger partial charge in [0.25, 0.3) is 5.91 Å². The Kier molecular flexibility index (Phi) is 4.95. The van der Waals surface area contributed by atoms with E-state index in [0.29, 0.717) is 28.6 Å². The molecule has 0 radical (unpaired) electrons. The molecule has 3 rings (SSSR count). The highest BCUT2D eigenvalue weighted by molar-refractivity contribution is 6.31. The summed E-state index contributed by atoms with van der Waals surface area (Å²) < 4.78 is 10.7. The van der Waals surface area contributed by atoms with Gasteiger partial charge in [-0.25, -0.2) is 4.79 Å². The number of rotatable bonds is 4.